The maximum absolute atomic E-state index is 12.4. The first-order chi connectivity index (χ1) is 18.0. The smallest absolute Gasteiger partial charge is 0.335 e. The number of allylic oxidation sites excluding steroid dienone is 1. The van der Waals surface area contributed by atoms with Crippen molar-refractivity contribution in [2.45, 2.75) is 120 Å². The van der Waals surface area contributed by atoms with Gasteiger partial charge in [-0.3, -0.25) is 0 Å². The molecule has 5 aliphatic rings. The Kier molecular flexibility index (Phi) is 6.49. The lowest BCUT2D eigenvalue weighted by molar-refractivity contribution is -0.279. The van der Waals surface area contributed by atoms with Gasteiger partial charge in [-0.05, 0) is 93.1 Å². The maximum atomic E-state index is 12.4. The van der Waals surface area contributed by atoms with Gasteiger partial charge >= 0.3 is 5.63 Å². The predicted molar refractivity (Wildman–Crippen MR) is 140 cm³/mol. The van der Waals surface area contributed by atoms with E-state index in [9.17, 15) is 20.1 Å². The number of fused-ring (bicyclic) bond motifs is 5. The van der Waals surface area contributed by atoms with Crippen LogP contribution in [0.2, 0.25) is 0 Å². The molecule has 0 amide bonds. The van der Waals surface area contributed by atoms with Crippen molar-refractivity contribution in [2.24, 2.45) is 28.4 Å². The van der Waals surface area contributed by atoms with Crippen LogP contribution >= 0.6 is 0 Å². The molecule has 7 unspecified atom stereocenters. The fourth-order valence-corrected chi connectivity index (χ4v) is 9.21. The van der Waals surface area contributed by atoms with Crippen molar-refractivity contribution in [1.82, 2.24) is 0 Å². The number of hydrogen-bond acceptors (Lipinski definition) is 8. The van der Waals surface area contributed by atoms with Gasteiger partial charge in [0.15, 0.2) is 6.29 Å². The Morgan fingerprint density at radius 2 is 1.82 bits per heavy atom. The van der Waals surface area contributed by atoms with E-state index in [4.69, 9.17) is 19.6 Å². The highest BCUT2D eigenvalue weighted by molar-refractivity contribution is 5.31. The molecule has 8 nitrogen and oxygen atoms in total. The van der Waals surface area contributed by atoms with E-state index in [0.717, 1.165) is 56.9 Å². The third-order valence-corrected chi connectivity index (χ3v) is 11.6. The molecule has 0 radical (unpaired) electrons. The standard InChI is InChI=1S/C30H43NO7/c1-16-24(31)25(33)26(34)27(37-16)38-19-8-11-28(2)18(14-19)5-6-22-21(28)9-12-29(3)20(10-13-30(22,29)35)17-4-7-23(32)36-15-17/h4,7,14-16,19-22,24-27,33-35H,5-6,8-13,31H2,1-3H3/t16-,19?,20+,21?,22?,24?,25?,26+,27?,28?,29+,30-/m0/s1. The monoisotopic (exact) mass is 529 g/mol. The SMILES string of the molecule is C[C@@H]1OC(OC2C=C3CCC4C(CC[C@]5(C)[C@@H](c6ccc(=O)oc6)CC[C@]45O)C3(C)CC2)[C@H](O)C(O)C1N. The molecule has 1 saturated heterocycles. The fourth-order valence-electron chi connectivity index (χ4n) is 9.21. The first kappa shape index (κ1) is 26.7. The quantitative estimate of drug-likeness (QED) is 0.439. The summed E-state index contributed by atoms with van der Waals surface area (Å²) in [5.74, 6) is 0.799. The van der Waals surface area contributed by atoms with Crippen LogP contribution in [0.25, 0.3) is 0 Å². The summed E-state index contributed by atoms with van der Waals surface area (Å²) in [5.41, 5.74) is 7.01. The summed E-state index contributed by atoms with van der Waals surface area (Å²) in [5, 5.41) is 33.2. The average Bonchev–Trinajstić information content (AvgIpc) is 3.18. The largest absolute Gasteiger partial charge is 0.431 e. The Labute approximate surface area is 224 Å². The van der Waals surface area contributed by atoms with E-state index >= 15 is 0 Å². The fraction of sp³-hybridized carbons (Fsp3) is 0.767. The molecule has 210 valence electrons. The van der Waals surface area contributed by atoms with Gasteiger partial charge < -0.3 is 34.9 Å². The molecule has 6 rings (SSSR count). The molecule has 3 saturated carbocycles. The van der Waals surface area contributed by atoms with E-state index in [1.54, 1.807) is 13.2 Å². The summed E-state index contributed by atoms with van der Waals surface area (Å²) in [6.07, 6.45) is 7.33. The molecule has 2 heterocycles. The van der Waals surface area contributed by atoms with Crippen LogP contribution in [0, 0.1) is 22.7 Å². The topological polar surface area (TPSA) is 135 Å². The van der Waals surface area contributed by atoms with Gasteiger partial charge in [0.2, 0.25) is 0 Å². The van der Waals surface area contributed by atoms with Crippen molar-refractivity contribution in [3.8, 4) is 0 Å². The Hall–Kier alpha value is -1.55. The van der Waals surface area contributed by atoms with Gasteiger partial charge in [-0.15, -0.1) is 0 Å². The second kappa shape index (κ2) is 9.25. The molecule has 1 aromatic rings. The summed E-state index contributed by atoms with van der Waals surface area (Å²) in [7, 11) is 0. The van der Waals surface area contributed by atoms with Gasteiger partial charge in [-0.1, -0.05) is 25.5 Å². The number of aliphatic hydroxyl groups excluding tert-OH is 2. The van der Waals surface area contributed by atoms with Crippen LogP contribution in [0.4, 0.5) is 0 Å². The van der Waals surface area contributed by atoms with Gasteiger partial charge in [0.25, 0.3) is 0 Å². The summed E-state index contributed by atoms with van der Waals surface area (Å²) >= 11 is 0. The molecule has 0 bridgehead atoms. The molecule has 38 heavy (non-hydrogen) atoms. The van der Waals surface area contributed by atoms with Crippen LogP contribution in [0.15, 0.2) is 39.3 Å². The maximum Gasteiger partial charge on any atom is 0.335 e. The minimum Gasteiger partial charge on any atom is -0.431 e. The number of aliphatic hydroxyl groups is 3. The van der Waals surface area contributed by atoms with Crippen molar-refractivity contribution < 1.29 is 29.2 Å². The molecular weight excluding hydrogens is 486 g/mol. The zero-order valence-electron chi connectivity index (χ0n) is 22.7. The molecule has 4 aliphatic carbocycles. The number of ether oxygens (including phenoxy) is 2. The number of hydrogen-bond donors (Lipinski definition) is 4. The Bertz CT molecular complexity index is 1130. The highest BCUT2D eigenvalue weighted by atomic mass is 16.7. The van der Waals surface area contributed by atoms with E-state index in [1.807, 2.05) is 6.07 Å². The highest BCUT2D eigenvalue weighted by Gasteiger charge is 2.66. The predicted octanol–water partition coefficient (Wildman–Crippen LogP) is 2.98. The van der Waals surface area contributed by atoms with Crippen molar-refractivity contribution >= 4 is 0 Å². The van der Waals surface area contributed by atoms with E-state index in [1.165, 1.54) is 11.6 Å². The van der Waals surface area contributed by atoms with E-state index in [-0.39, 0.29) is 34.4 Å². The lowest BCUT2D eigenvalue weighted by atomic mass is 9.45. The number of rotatable bonds is 3. The first-order valence-electron chi connectivity index (χ1n) is 14.4. The van der Waals surface area contributed by atoms with E-state index in [2.05, 4.69) is 19.9 Å². The second-order valence-electron chi connectivity index (χ2n) is 13.2. The Morgan fingerprint density at radius 3 is 2.55 bits per heavy atom. The minimum absolute atomic E-state index is 0.00133. The third-order valence-electron chi connectivity index (χ3n) is 11.6. The van der Waals surface area contributed by atoms with Gasteiger partial charge in [0.1, 0.15) is 12.2 Å². The summed E-state index contributed by atoms with van der Waals surface area (Å²) in [6, 6.07) is 2.73. The lowest BCUT2D eigenvalue weighted by Crippen LogP contribution is -2.61. The van der Waals surface area contributed by atoms with Crippen LogP contribution in [-0.4, -0.2) is 57.7 Å². The van der Waals surface area contributed by atoms with Crippen LogP contribution in [0.5, 0.6) is 0 Å². The molecule has 1 aromatic heterocycles. The Morgan fingerprint density at radius 1 is 1.03 bits per heavy atom. The average molecular weight is 530 g/mol. The Balaban J connectivity index is 1.21. The zero-order valence-corrected chi connectivity index (χ0v) is 22.7. The molecule has 4 fully saturated rings. The van der Waals surface area contributed by atoms with Gasteiger partial charge in [0, 0.05) is 11.5 Å². The van der Waals surface area contributed by atoms with Gasteiger partial charge in [0.05, 0.1) is 30.1 Å². The van der Waals surface area contributed by atoms with Crippen LogP contribution < -0.4 is 11.4 Å². The van der Waals surface area contributed by atoms with Crippen molar-refractivity contribution in [2.75, 3.05) is 0 Å². The highest BCUT2D eigenvalue weighted by Crippen LogP contribution is 2.70. The molecule has 1 aliphatic heterocycles. The number of nitrogens with two attached hydrogens (primary N) is 1. The van der Waals surface area contributed by atoms with Crippen LogP contribution in [0.3, 0.4) is 0 Å². The van der Waals surface area contributed by atoms with Crippen molar-refractivity contribution in [3.05, 3.63) is 46.0 Å². The van der Waals surface area contributed by atoms with E-state index < -0.39 is 36.2 Å². The minimum atomic E-state index is -1.18. The van der Waals surface area contributed by atoms with E-state index in [0.29, 0.717) is 5.92 Å². The molecule has 8 heteroatoms. The van der Waals surface area contributed by atoms with Gasteiger partial charge in [-0.25, -0.2) is 4.79 Å². The molecule has 0 spiro atoms. The van der Waals surface area contributed by atoms with Crippen LogP contribution in [-0.2, 0) is 9.47 Å². The zero-order chi connectivity index (χ0) is 27.0. The molecule has 0 aromatic carbocycles. The third kappa shape index (κ3) is 3.82. The molecule has 5 N–H and O–H groups in total. The van der Waals surface area contributed by atoms with Gasteiger partial charge in [-0.2, -0.15) is 0 Å². The van der Waals surface area contributed by atoms with Crippen LogP contribution in [0.1, 0.15) is 83.6 Å². The molecule has 12 atom stereocenters. The molecular formula is C30H43NO7. The first-order valence-corrected chi connectivity index (χ1v) is 14.4. The second-order valence-corrected chi connectivity index (χ2v) is 13.2. The summed E-state index contributed by atoms with van der Waals surface area (Å²) < 4.78 is 17.2. The van der Waals surface area contributed by atoms with Crippen molar-refractivity contribution in [1.29, 1.82) is 0 Å². The van der Waals surface area contributed by atoms with Crippen molar-refractivity contribution in [3.63, 3.8) is 0 Å². The lowest BCUT2D eigenvalue weighted by Gasteiger charge is -2.62. The normalized spacial score (nSPS) is 50.5. The summed E-state index contributed by atoms with van der Waals surface area (Å²) in [4.78, 5) is 11.5. The summed E-state index contributed by atoms with van der Waals surface area (Å²) in [6.45, 7) is 6.41.